The zero-order chi connectivity index (χ0) is 20.9. The van der Waals surface area contributed by atoms with E-state index in [9.17, 15) is 9.90 Å². The van der Waals surface area contributed by atoms with Crippen molar-refractivity contribution in [1.82, 2.24) is 9.80 Å². The van der Waals surface area contributed by atoms with Crippen LogP contribution in [0.2, 0.25) is 0 Å². The maximum absolute atomic E-state index is 13.0. The van der Waals surface area contributed by atoms with Gasteiger partial charge in [0.05, 0.1) is 6.61 Å². The molecular weight excluding hydrogens is 451 g/mol. The van der Waals surface area contributed by atoms with Gasteiger partial charge in [-0.3, -0.25) is 4.90 Å². The summed E-state index contributed by atoms with van der Waals surface area (Å²) in [6.45, 7) is 7.69. The molecule has 3 rings (SSSR count). The summed E-state index contributed by atoms with van der Waals surface area (Å²) in [5, 5.41) is 11.4. The molecule has 0 saturated carbocycles. The summed E-state index contributed by atoms with van der Waals surface area (Å²) < 4.78 is 5.56. The van der Waals surface area contributed by atoms with Gasteiger partial charge in [-0.25, -0.2) is 4.79 Å². The van der Waals surface area contributed by atoms with Gasteiger partial charge in [-0.2, -0.15) is 0 Å². The SMILES string of the molecule is CC1CN(CCCOC(=O)C(O)(c2ccccc2)c2ccccc2)CC(C)N1C.Cl.Cl.O. The largest absolute Gasteiger partial charge is 0.463 e. The average Bonchev–Trinajstić information content (AvgIpc) is 2.75. The van der Waals surface area contributed by atoms with Crippen LogP contribution in [0.5, 0.6) is 0 Å². The molecule has 0 aromatic heterocycles. The standard InChI is InChI=1S/C24H32N2O3.2ClH.H2O/c1-19-17-26(18-20(2)25(19)3)15-10-16-29-23(27)24(28,21-11-6-4-7-12-21)22-13-8-5-9-14-22;;;/h4-9,11-14,19-20,28H,10,15-18H2,1-3H3;2*1H;1H2. The normalized spacial score (nSPS) is 19.1. The third-order valence-electron chi connectivity index (χ3n) is 5.97. The fraction of sp³-hybridized carbons (Fsp3) is 0.458. The highest BCUT2D eigenvalue weighted by molar-refractivity contribution is 5.86. The first-order valence-corrected chi connectivity index (χ1v) is 10.4. The van der Waals surface area contributed by atoms with E-state index in [2.05, 4.69) is 30.7 Å². The van der Waals surface area contributed by atoms with E-state index in [-0.39, 0.29) is 36.9 Å². The van der Waals surface area contributed by atoms with Gasteiger partial charge >= 0.3 is 5.97 Å². The smallest absolute Gasteiger partial charge is 0.347 e. The molecule has 2 aromatic carbocycles. The second kappa shape index (κ2) is 13.8. The minimum atomic E-state index is -1.81. The Morgan fingerprint density at radius 3 is 1.84 bits per heavy atom. The molecule has 2 aromatic rings. The van der Waals surface area contributed by atoms with Crippen LogP contribution in [0.25, 0.3) is 0 Å². The van der Waals surface area contributed by atoms with Gasteiger partial charge in [0.2, 0.25) is 5.60 Å². The molecule has 0 bridgehead atoms. The molecule has 1 fully saturated rings. The number of esters is 1. The Labute approximate surface area is 203 Å². The Morgan fingerprint density at radius 2 is 1.41 bits per heavy atom. The lowest BCUT2D eigenvalue weighted by Gasteiger charge is -2.42. The van der Waals surface area contributed by atoms with Crippen LogP contribution in [0.1, 0.15) is 31.4 Å². The molecule has 0 aliphatic carbocycles. The van der Waals surface area contributed by atoms with E-state index in [1.54, 1.807) is 24.3 Å². The summed E-state index contributed by atoms with van der Waals surface area (Å²) in [6.07, 6.45) is 0.745. The summed E-state index contributed by atoms with van der Waals surface area (Å²) in [6, 6.07) is 19.0. The van der Waals surface area contributed by atoms with Gasteiger partial charge in [0, 0.05) is 31.7 Å². The zero-order valence-electron chi connectivity index (χ0n) is 18.9. The van der Waals surface area contributed by atoms with Gasteiger partial charge in [-0.05, 0) is 38.4 Å². The molecular formula is C24H36Cl2N2O4. The first-order valence-electron chi connectivity index (χ1n) is 10.4. The van der Waals surface area contributed by atoms with E-state index in [4.69, 9.17) is 4.74 Å². The Morgan fingerprint density at radius 1 is 0.969 bits per heavy atom. The van der Waals surface area contributed by atoms with Gasteiger partial charge in [0.1, 0.15) is 0 Å². The maximum atomic E-state index is 13.0. The highest BCUT2D eigenvalue weighted by Crippen LogP contribution is 2.31. The molecule has 180 valence electrons. The summed E-state index contributed by atoms with van der Waals surface area (Å²) in [5.74, 6) is -0.630. The van der Waals surface area contributed by atoms with Crippen LogP contribution in [0.4, 0.5) is 0 Å². The van der Waals surface area contributed by atoms with Crippen molar-refractivity contribution in [3.05, 3.63) is 71.8 Å². The number of halogens is 2. The molecule has 6 nitrogen and oxygen atoms in total. The van der Waals surface area contributed by atoms with Crippen molar-refractivity contribution in [2.24, 2.45) is 0 Å². The van der Waals surface area contributed by atoms with Crippen molar-refractivity contribution in [2.45, 2.75) is 38.0 Å². The zero-order valence-corrected chi connectivity index (χ0v) is 20.6. The second-order valence-corrected chi connectivity index (χ2v) is 8.06. The van der Waals surface area contributed by atoms with Crippen molar-refractivity contribution in [2.75, 3.05) is 33.3 Å². The Balaban J connectivity index is 0.00000320. The summed E-state index contributed by atoms with van der Waals surface area (Å²) >= 11 is 0. The molecule has 0 spiro atoms. The molecule has 32 heavy (non-hydrogen) atoms. The van der Waals surface area contributed by atoms with Crippen LogP contribution in [0.3, 0.4) is 0 Å². The van der Waals surface area contributed by atoms with Gasteiger partial charge in [0.15, 0.2) is 0 Å². The minimum Gasteiger partial charge on any atom is -0.463 e. The van der Waals surface area contributed by atoms with Crippen molar-refractivity contribution >= 4 is 30.8 Å². The average molecular weight is 487 g/mol. The lowest BCUT2D eigenvalue weighted by Crippen LogP contribution is -2.55. The summed E-state index contributed by atoms with van der Waals surface area (Å²) in [7, 11) is 2.17. The van der Waals surface area contributed by atoms with Crippen LogP contribution >= 0.6 is 24.8 Å². The van der Waals surface area contributed by atoms with E-state index in [1.807, 2.05) is 36.4 Å². The predicted molar refractivity (Wildman–Crippen MR) is 133 cm³/mol. The van der Waals surface area contributed by atoms with E-state index < -0.39 is 11.6 Å². The Bertz CT molecular complexity index is 744. The topological polar surface area (TPSA) is 84.5 Å². The van der Waals surface area contributed by atoms with Crippen LogP contribution in [0, 0.1) is 0 Å². The number of ether oxygens (including phenoxy) is 1. The number of nitrogens with zero attached hydrogens (tertiary/aromatic N) is 2. The number of aliphatic hydroxyl groups is 1. The van der Waals surface area contributed by atoms with Gasteiger partial charge < -0.3 is 20.2 Å². The number of piperazine rings is 1. The lowest BCUT2D eigenvalue weighted by molar-refractivity contribution is -0.162. The van der Waals surface area contributed by atoms with Crippen LogP contribution in [-0.2, 0) is 15.1 Å². The number of likely N-dealkylation sites (N-methyl/N-ethyl adjacent to an activating group) is 1. The number of carbonyl (C=O) groups is 1. The maximum Gasteiger partial charge on any atom is 0.347 e. The van der Waals surface area contributed by atoms with E-state index in [0.29, 0.717) is 23.2 Å². The molecule has 1 aliphatic heterocycles. The van der Waals surface area contributed by atoms with Crippen molar-refractivity contribution in [1.29, 1.82) is 0 Å². The predicted octanol–water partition coefficient (Wildman–Crippen LogP) is 2.90. The Hall–Kier alpha value is -1.67. The number of benzene rings is 2. The number of hydrogen-bond acceptors (Lipinski definition) is 5. The molecule has 0 amide bonds. The summed E-state index contributed by atoms with van der Waals surface area (Å²) in [4.78, 5) is 17.8. The van der Waals surface area contributed by atoms with Crippen molar-refractivity contribution < 1.29 is 20.1 Å². The van der Waals surface area contributed by atoms with Gasteiger partial charge in [-0.15, -0.1) is 24.8 Å². The highest BCUT2D eigenvalue weighted by atomic mass is 35.5. The lowest BCUT2D eigenvalue weighted by atomic mass is 9.86. The molecule has 1 heterocycles. The first-order chi connectivity index (χ1) is 13.9. The number of rotatable bonds is 7. The minimum absolute atomic E-state index is 0. The first kappa shape index (κ1) is 30.3. The third kappa shape index (κ3) is 6.91. The highest BCUT2D eigenvalue weighted by Gasteiger charge is 2.41. The summed E-state index contributed by atoms with van der Waals surface area (Å²) in [5.41, 5.74) is -0.782. The Kier molecular flexibility index (Phi) is 13.1. The molecule has 2 unspecified atom stereocenters. The molecule has 2 atom stereocenters. The molecule has 8 heteroatoms. The van der Waals surface area contributed by atoms with E-state index in [1.165, 1.54) is 0 Å². The van der Waals surface area contributed by atoms with Gasteiger partial charge in [0.25, 0.3) is 0 Å². The van der Waals surface area contributed by atoms with Crippen molar-refractivity contribution in [3.8, 4) is 0 Å². The molecule has 0 radical (unpaired) electrons. The van der Waals surface area contributed by atoms with E-state index in [0.717, 1.165) is 26.1 Å². The number of hydrogen-bond donors (Lipinski definition) is 1. The monoisotopic (exact) mass is 486 g/mol. The quantitative estimate of drug-likeness (QED) is 0.480. The second-order valence-electron chi connectivity index (χ2n) is 8.06. The van der Waals surface area contributed by atoms with E-state index >= 15 is 0 Å². The van der Waals surface area contributed by atoms with Crippen LogP contribution in [0.15, 0.2) is 60.7 Å². The molecule has 1 aliphatic rings. The molecule has 3 N–H and O–H groups in total. The fourth-order valence-corrected chi connectivity index (χ4v) is 4.01. The third-order valence-corrected chi connectivity index (χ3v) is 5.97. The van der Waals surface area contributed by atoms with Crippen LogP contribution < -0.4 is 0 Å². The van der Waals surface area contributed by atoms with Gasteiger partial charge in [-0.1, -0.05) is 60.7 Å². The van der Waals surface area contributed by atoms with Crippen molar-refractivity contribution in [3.63, 3.8) is 0 Å². The van der Waals surface area contributed by atoms with Crippen LogP contribution in [-0.4, -0.2) is 71.7 Å². The molecule has 1 saturated heterocycles. The fourth-order valence-electron chi connectivity index (χ4n) is 4.01. The number of carbonyl (C=O) groups excluding carboxylic acids is 1.